The van der Waals surface area contributed by atoms with E-state index in [4.69, 9.17) is 9.47 Å². The molecule has 0 spiro atoms. The van der Waals surface area contributed by atoms with E-state index in [-0.39, 0.29) is 29.8 Å². The third-order valence-electron chi connectivity index (χ3n) is 5.25. The van der Waals surface area contributed by atoms with Crippen molar-refractivity contribution in [3.8, 4) is 17.2 Å². The van der Waals surface area contributed by atoms with Gasteiger partial charge in [-0.2, -0.15) is 0 Å². The van der Waals surface area contributed by atoms with Crippen LogP contribution in [0.2, 0.25) is 0 Å². The maximum atomic E-state index is 13.3. The highest BCUT2D eigenvalue weighted by Gasteiger charge is 2.33. The maximum absolute atomic E-state index is 13.3. The highest BCUT2D eigenvalue weighted by molar-refractivity contribution is 8.14. The lowest BCUT2D eigenvalue weighted by Gasteiger charge is -2.17. The summed E-state index contributed by atoms with van der Waals surface area (Å²) in [5, 5.41) is 2.90. The van der Waals surface area contributed by atoms with Crippen molar-refractivity contribution in [1.82, 2.24) is 0 Å². The van der Waals surface area contributed by atoms with E-state index >= 15 is 0 Å². The summed E-state index contributed by atoms with van der Waals surface area (Å²) in [5.41, 5.74) is 1.74. The normalized spacial score (nSPS) is 15.6. The van der Waals surface area contributed by atoms with Crippen molar-refractivity contribution in [2.24, 2.45) is 4.99 Å². The maximum Gasteiger partial charge on any atom is 0.573 e. The number of nitrogens with one attached hydrogen (secondary N) is 1. The molecule has 3 aromatic rings. The lowest BCUT2D eigenvalue weighted by molar-refractivity contribution is -0.274. The van der Waals surface area contributed by atoms with Crippen molar-refractivity contribution in [1.29, 1.82) is 0 Å². The number of hydrogen-bond acceptors (Lipinski definition) is 7. The monoisotopic (exact) mass is 541 g/mol. The first-order valence-electron chi connectivity index (χ1n) is 11.1. The fourth-order valence-corrected chi connectivity index (χ4v) is 4.44. The molecule has 0 fully saturated rings. The van der Waals surface area contributed by atoms with Crippen molar-refractivity contribution in [3.63, 3.8) is 0 Å². The van der Waals surface area contributed by atoms with Crippen LogP contribution in [0.4, 0.5) is 24.5 Å². The fourth-order valence-electron chi connectivity index (χ4n) is 3.63. The molecule has 2 heterocycles. The summed E-state index contributed by atoms with van der Waals surface area (Å²) >= 11 is 1.05. The van der Waals surface area contributed by atoms with Crippen LogP contribution in [0.1, 0.15) is 5.56 Å². The number of nitrogens with zero attached hydrogens (tertiary/aromatic N) is 2. The van der Waals surface area contributed by atoms with E-state index in [1.165, 1.54) is 17.0 Å². The number of amides is 2. The Bertz CT molecular complexity index is 1430. The van der Waals surface area contributed by atoms with Crippen molar-refractivity contribution in [2.75, 3.05) is 22.8 Å². The second-order valence-corrected chi connectivity index (χ2v) is 8.86. The Kier molecular flexibility index (Phi) is 6.97. The summed E-state index contributed by atoms with van der Waals surface area (Å²) in [5.74, 6) is -0.119. The number of thioether (sulfide) groups is 1. The quantitative estimate of drug-likeness (QED) is 0.419. The van der Waals surface area contributed by atoms with Gasteiger partial charge in [0, 0.05) is 5.69 Å². The van der Waals surface area contributed by atoms with Crippen LogP contribution in [0.15, 0.2) is 83.5 Å². The number of aliphatic imine (C=N–C) groups is 1. The molecule has 8 nitrogen and oxygen atoms in total. The Morgan fingerprint density at radius 1 is 1.05 bits per heavy atom. The Morgan fingerprint density at radius 3 is 2.53 bits per heavy atom. The van der Waals surface area contributed by atoms with Gasteiger partial charge in [0.15, 0.2) is 16.7 Å². The van der Waals surface area contributed by atoms with Crippen molar-refractivity contribution < 1.29 is 37.0 Å². The lowest BCUT2D eigenvalue weighted by Crippen LogP contribution is -2.31. The minimum Gasteiger partial charge on any atom is -0.454 e. The molecule has 0 unspecified atom stereocenters. The van der Waals surface area contributed by atoms with Crippen LogP contribution in [0.25, 0.3) is 6.08 Å². The number of hydrogen-bond donors (Lipinski definition) is 1. The van der Waals surface area contributed by atoms with E-state index in [1.807, 2.05) is 6.07 Å². The molecule has 2 aliphatic rings. The molecule has 0 aromatic heterocycles. The predicted octanol–water partition coefficient (Wildman–Crippen LogP) is 5.43. The molecule has 2 amide bonds. The number of halogens is 3. The average Bonchev–Trinajstić information content (AvgIpc) is 3.47. The topological polar surface area (TPSA) is 89.5 Å². The highest BCUT2D eigenvalue weighted by Crippen LogP contribution is 2.34. The molecule has 0 saturated carbocycles. The minimum absolute atomic E-state index is 0.104. The van der Waals surface area contributed by atoms with Crippen LogP contribution < -0.4 is 24.4 Å². The van der Waals surface area contributed by atoms with E-state index in [1.54, 1.807) is 48.5 Å². The standard InChI is InChI=1S/C26H18F3N3O5S/c27-26(28,29)37-19-9-7-17(8-10-19)30-23(33)14-38-25-31-20(24(34)32(25)18-4-2-1-3-5-18)12-16-6-11-21-22(13-16)36-15-35-21/h1-13H,14-15H2,(H,30,33)/b20-12+. The molecule has 12 heteroatoms. The van der Waals surface area contributed by atoms with E-state index in [0.717, 1.165) is 23.9 Å². The lowest BCUT2D eigenvalue weighted by atomic mass is 10.1. The third kappa shape index (κ3) is 5.92. The van der Waals surface area contributed by atoms with Crippen LogP contribution in [0.5, 0.6) is 17.2 Å². The smallest absolute Gasteiger partial charge is 0.454 e. The second kappa shape index (κ2) is 10.5. The van der Waals surface area contributed by atoms with Gasteiger partial charge >= 0.3 is 6.36 Å². The molecule has 1 N–H and O–H groups in total. The second-order valence-electron chi connectivity index (χ2n) is 7.92. The van der Waals surface area contributed by atoms with Gasteiger partial charge in [-0.05, 0) is 60.2 Å². The SMILES string of the molecule is O=C(CSC1=N/C(=C/c2ccc3c(c2)OCO3)C(=O)N1c1ccccc1)Nc1ccc(OC(F)(F)F)cc1. The van der Waals surface area contributed by atoms with Crippen LogP contribution in [0, 0.1) is 0 Å². The highest BCUT2D eigenvalue weighted by atomic mass is 32.2. The van der Waals surface area contributed by atoms with Gasteiger partial charge in [-0.15, -0.1) is 13.2 Å². The number of carbonyl (C=O) groups excluding carboxylic acids is 2. The number of rotatable bonds is 6. The molecule has 0 radical (unpaired) electrons. The van der Waals surface area contributed by atoms with Crippen LogP contribution in [-0.2, 0) is 9.59 Å². The molecular formula is C26H18F3N3O5S. The molecular weight excluding hydrogens is 523 g/mol. The van der Waals surface area contributed by atoms with E-state index < -0.39 is 18.0 Å². The van der Waals surface area contributed by atoms with E-state index in [9.17, 15) is 22.8 Å². The number of carbonyl (C=O) groups is 2. The van der Waals surface area contributed by atoms with Gasteiger partial charge in [0.1, 0.15) is 11.4 Å². The number of fused-ring (bicyclic) bond motifs is 1. The number of ether oxygens (including phenoxy) is 3. The van der Waals surface area contributed by atoms with Crippen molar-refractivity contribution >= 4 is 46.2 Å². The molecule has 0 aliphatic carbocycles. The molecule has 0 bridgehead atoms. The number of anilines is 2. The Balaban J connectivity index is 1.30. The zero-order valence-electron chi connectivity index (χ0n) is 19.4. The Hall–Kier alpha value is -4.45. The zero-order valence-corrected chi connectivity index (χ0v) is 20.2. The van der Waals surface area contributed by atoms with E-state index in [0.29, 0.717) is 27.9 Å². The van der Waals surface area contributed by atoms with Crippen molar-refractivity contribution in [2.45, 2.75) is 6.36 Å². The summed E-state index contributed by atoms with van der Waals surface area (Å²) in [6, 6.07) is 18.9. The van der Waals surface area contributed by atoms with Crippen LogP contribution in [0.3, 0.4) is 0 Å². The Morgan fingerprint density at radius 2 is 1.79 bits per heavy atom. The molecule has 2 aliphatic heterocycles. The van der Waals surface area contributed by atoms with Gasteiger partial charge in [0.25, 0.3) is 5.91 Å². The fraction of sp³-hybridized carbons (Fsp3) is 0.115. The van der Waals surface area contributed by atoms with Crippen LogP contribution in [-0.4, -0.2) is 35.9 Å². The largest absolute Gasteiger partial charge is 0.573 e. The first-order chi connectivity index (χ1) is 18.2. The van der Waals surface area contributed by atoms with Gasteiger partial charge in [-0.3, -0.25) is 14.5 Å². The summed E-state index contributed by atoms with van der Waals surface area (Å²) < 4.78 is 51.5. The average molecular weight is 542 g/mol. The van der Waals surface area contributed by atoms with Gasteiger partial charge in [-0.25, -0.2) is 4.99 Å². The minimum atomic E-state index is -4.80. The summed E-state index contributed by atoms with van der Waals surface area (Å²) in [4.78, 5) is 31.7. The molecule has 0 atom stereocenters. The molecule has 38 heavy (non-hydrogen) atoms. The number of amidine groups is 1. The molecule has 0 saturated heterocycles. The first kappa shape index (κ1) is 25.2. The van der Waals surface area contributed by atoms with Gasteiger partial charge in [-0.1, -0.05) is 36.0 Å². The zero-order chi connectivity index (χ0) is 26.7. The van der Waals surface area contributed by atoms with Gasteiger partial charge in [0.05, 0.1) is 11.4 Å². The van der Waals surface area contributed by atoms with E-state index in [2.05, 4.69) is 15.0 Å². The number of alkyl halides is 3. The third-order valence-corrected chi connectivity index (χ3v) is 6.19. The van der Waals surface area contributed by atoms with Crippen LogP contribution >= 0.6 is 11.8 Å². The number of benzene rings is 3. The molecule has 3 aromatic carbocycles. The summed E-state index contributed by atoms with van der Waals surface area (Å²) in [6.45, 7) is 0.128. The molecule has 194 valence electrons. The predicted molar refractivity (Wildman–Crippen MR) is 136 cm³/mol. The van der Waals surface area contributed by atoms with Gasteiger partial charge < -0.3 is 19.5 Å². The summed E-state index contributed by atoms with van der Waals surface area (Å²) in [7, 11) is 0. The molecule has 5 rings (SSSR count). The Labute approximate surface area is 218 Å². The first-order valence-corrected chi connectivity index (χ1v) is 12.1. The van der Waals surface area contributed by atoms with Gasteiger partial charge in [0.2, 0.25) is 12.7 Å². The van der Waals surface area contributed by atoms with Crippen molar-refractivity contribution in [3.05, 3.63) is 84.1 Å². The number of para-hydroxylation sites is 1. The summed E-state index contributed by atoms with van der Waals surface area (Å²) in [6.07, 6.45) is -3.18.